The lowest BCUT2D eigenvalue weighted by Gasteiger charge is -2.30. The van der Waals surface area contributed by atoms with Crippen LogP contribution in [0.3, 0.4) is 0 Å². The van der Waals surface area contributed by atoms with Crippen molar-refractivity contribution >= 4 is 29.0 Å². The number of benzene rings is 1. The predicted octanol–water partition coefficient (Wildman–Crippen LogP) is 3.24. The molecule has 2 aromatic heterocycles. The van der Waals surface area contributed by atoms with E-state index in [-0.39, 0.29) is 17.9 Å². The van der Waals surface area contributed by atoms with E-state index in [0.717, 1.165) is 25.9 Å². The van der Waals surface area contributed by atoms with Crippen molar-refractivity contribution in [3.8, 4) is 16.7 Å². The number of thiazole rings is 1. The minimum atomic E-state index is -0.347. The Morgan fingerprint density at radius 2 is 2.06 bits per heavy atom. The van der Waals surface area contributed by atoms with Gasteiger partial charge < -0.3 is 24.4 Å². The van der Waals surface area contributed by atoms with Crippen molar-refractivity contribution in [2.24, 2.45) is 7.05 Å². The Morgan fingerprint density at radius 1 is 1.24 bits per heavy atom. The number of hydrogen-bond donors (Lipinski definition) is 1. The van der Waals surface area contributed by atoms with Crippen LogP contribution < -0.4 is 14.8 Å². The molecule has 0 radical (unpaired) electrons. The topological polar surface area (TPSA) is 108 Å². The van der Waals surface area contributed by atoms with Crippen molar-refractivity contribution in [1.82, 2.24) is 19.7 Å². The summed E-state index contributed by atoms with van der Waals surface area (Å²) in [6.45, 7) is 4.47. The molecule has 2 aliphatic heterocycles. The van der Waals surface area contributed by atoms with Crippen LogP contribution in [0.2, 0.25) is 0 Å². The van der Waals surface area contributed by atoms with Gasteiger partial charge in [0.15, 0.2) is 5.82 Å². The molecule has 34 heavy (non-hydrogen) atoms. The number of aryl methyl sites for hydroxylation is 2. The number of ether oxygens (including phenoxy) is 3. The van der Waals surface area contributed by atoms with Crippen LogP contribution in [-0.2, 0) is 11.8 Å². The van der Waals surface area contributed by atoms with E-state index in [9.17, 15) is 9.59 Å². The number of carbonyl (C=O) groups is 2. The van der Waals surface area contributed by atoms with E-state index in [1.165, 1.54) is 11.3 Å². The van der Waals surface area contributed by atoms with Crippen molar-refractivity contribution in [3.05, 3.63) is 46.6 Å². The van der Waals surface area contributed by atoms with Crippen molar-refractivity contribution in [3.63, 3.8) is 0 Å². The number of nitrogens with one attached hydrogen (secondary N) is 1. The van der Waals surface area contributed by atoms with Crippen molar-refractivity contribution in [2.45, 2.75) is 25.9 Å². The lowest BCUT2D eigenvalue weighted by Crippen LogP contribution is -2.41. The van der Waals surface area contributed by atoms with E-state index in [1.807, 2.05) is 0 Å². The Hall–Kier alpha value is -3.44. The first-order chi connectivity index (χ1) is 16.4. The van der Waals surface area contributed by atoms with Gasteiger partial charge in [0.25, 0.3) is 17.0 Å². The zero-order chi connectivity index (χ0) is 23.7. The van der Waals surface area contributed by atoms with Crippen LogP contribution in [-0.4, -0.2) is 63.9 Å². The van der Waals surface area contributed by atoms with Crippen LogP contribution in [0.1, 0.15) is 38.6 Å². The molecule has 10 nitrogen and oxygen atoms in total. The van der Waals surface area contributed by atoms with Gasteiger partial charge in [0.1, 0.15) is 22.5 Å². The zero-order valence-corrected chi connectivity index (χ0v) is 19.8. The lowest BCUT2D eigenvalue weighted by molar-refractivity contribution is 0.0656. The number of anilines is 1. The number of carbonyl (C=O) groups excluding carboxylic acids is 2. The van der Waals surface area contributed by atoms with E-state index in [2.05, 4.69) is 15.4 Å². The van der Waals surface area contributed by atoms with Gasteiger partial charge >= 0.3 is 0 Å². The van der Waals surface area contributed by atoms with E-state index >= 15 is 0 Å². The smallest absolute Gasteiger partial charge is 0.279 e. The van der Waals surface area contributed by atoms with Gasteiger partial charge in [-0.05, 0) is 25.5 Å². The molecular formula is C23H25N5O5S. The first kappa shape index (κ1) is 22.4. The zero-order valence-electron chi connectivity index (χ0n) is 18.9. The molecule has 0 unspecified atom stereocenters. The fourth-order valence-electron chi connectivity index (χ4n) is 3.68. The maximum Gasteiger partial charge on any atom is 0.279 e. The second-order valence-corrected chi connectivity index (χ2v) is 9.23. The Bertz CT molecular complexity index is 1210. The van der Waals surface area contributed by atoms with Gasteiger partial charge in [-0.15, -0.1) is 0 Å². The number of hydrogen-bond acceptors (Lipinski definition) is 8. The standard InChI is InChI=1S/C23H25N5O5S/c1-14-20(22(30)28-6-3-7-28)34-23(24-14)33-18-11-15(21(29)25-19-4-8-27(2)26-19)10-17(12-18)32-16-5-9-31-13-16/h4,8,10-12,16H,3,5-7,9,13H2,1-2H3,(H,25,26,29)/t16-/m0/s1. The summed E-state index contributed by atoms with van der Waals surface area (Å²) in [5.41, 5.74) is 0.975. The second-order valence-electron chi connectivity index (χ2n) is 8.27. The third kappa shape index (κ3) is 4.90. The number of amides is 2. The molecule has 5 rings (SSSR count). The monoisotopic (exact) mass is 483 g/mol. The Kier molecular flexibility index (Phi) is 6.20. The van der Waals surface area contributed by atoms with Crippen LogP contribution in [0.5, 0.6) is 16.7 Å². The summed E-state index contributed by atoms with van der Waals surface area (Å²) in [7, 11) is 1.77. The molecule has 1 atom stereocenters. The number of likely N-dealkylation sites (tertiary alicyclic amines) is 1. The Labute approximate surface area is 200 Å². The maximum absolute atomic E-state index is 12.9. The molecule has 0 aliphatic carbocycles. The fraction of sp³-hybridized carbons (Fsp3) is 0.391. The average molecular weight is 484 g/mol. The number of aromatic nitrogens is 3. The minimum Gasteiger partial charge on any atom is -0.488 e. The molecule has 0 spiro atoms. The molecular weight excluding hydrogens is 458 g/mol. The highest BCUT2D eigenvalue weighted by atomic mass is 32.1. The summed E-state index contributed by atoms with van der Waals surface area (Å²) >= 11 is 1.20. The highest BCUT2D eigenvalue weighted by Crippen LogP contribution is 2.33. The Balaban J connectivity index is 1.39. The summed E-state index contributed by atoms with van der Waals surface area (Å²) in [5, 5.41) is 7.30. The van der Waals surface area contributed by atoms with Gasteiger partial charge in [0.05, 0.1) is 18.9 Å². The Morgan fingerprint density at radius 3 is 2.74 bits per heavy atom. The highest BCUT2D eigenvalue weighted by molar-refractivity contribution is 7.15. The van der Waals surface area contributed by atoms with Crippen LogP contribution in [0.25, 0.3) is 0 Å². The molecule has 2 amide bonds. The van der Waals surface area contributed by atoms with Crippen LogP contribution >= 0.6 is 11.3 Å². The third-order valence-electron chi connectivity index (χ3n) is 5.61. The van der Waals surface area contributed by atoms with E-state index in [4.69, 9.17) is 14.2 Å². The second kappa shape index (κ2) is 9.43. The van der Waals surface area contributed by atoms with Gasteiger partial charge in [0, 0.05) is 50.5 Å². The highest BCUT2D eigenvalue weighted by Gasteiger charge is 2.26. The first-order valence-corrected chi connectivity index (χ1v) is 11.9. The predicted molar refractivity (Wildman–Crippen MR) is 125 cm³/mol. The fourth-order valence-corrected chi connectivity index (χ4v) is 4.58. The summed E-state index contributed by atoms with van der Waals surface area (Å²) in [6.07, 6.45) is 3.45. The van der Waals surface area contributed by atoms with Crippen LogP contribution in [0, 0.1) is 6.92 Å². The molecule has 0 saturated carbocycles. The molecule has 4 heterocycles. The molecule has 178 valence electrons. The molecule has 2 fully saturated rings. The lowest BCUT2D eigenvalue weighted by atomic mass is 10.2. The SMILES string of the molecule is Cc1nc(Oc2cc(O[C@H]3CCOC3)cc(C(=O)Nc3ccn(C)n3)c2)sc1C(=O)N1CCC1. The molecule has 0 bridgehead atoms. The van der Waals surface area contributed by atoms with Crippen molar-refractivity contribution < 1.29 is 23.8 Å². The van der Waals surface area contributed by atoms with Crippen LogP contribution in [0.15, 0.2) is 30.5 Å². The molecule has 1 aromatic carbocycles. The summed E-state index contributed by atoms with van der Waals surface area (Å²) < 4.78 is 19.0. The third-order valence-corrected chi connectivity index (χ3v) is 6.63. The van der Waals surface area contributed by atoms with Gasteiger partial charge in [-0.25, -0.2) is 4.98 Å². The largest absolute Gasteiger partial charge is 0.488 e. The average Bonchev–Trinajstić information content (AvgIpc) is 3.49. The van der Waals surface area contributed by atoms with Crippen LogP contribution in [0.4, 0.5) is 5.82 Å². The van der Waals surface area contributed by atoms with E-state index in [0.29, 0.717) is 51.9 Å². The van der Waals surface area contributed by atoms with Gasteiger partial charge in [-0.3, -0.25) is 14.3 Å². The number of rotatable bonds is 7. The van der Waals surface area contributed by atoms with Crippen molar-refractivity contribution in [1.29, 1.82) is 0 Å². The molecule has 2 aliphatic rings. The first-order valence-electron chi connectivity index (χ1n) is 11.1. The minimum absolute atomic E-state index is 0.0233. The van der Waals surface area contributed by atoms with E-state index in [1.54, 1.807) is 54.0 Å². The number of nitrogens with zero attached hydrogens (tertiary/aromatic N) is 4. The summed E-state index contributed by atoms with van der Waals surface area (Å²) in [4.78, 5) is 32.3. The summed E-state index contributed by atoms with van der Waals surface area (Å²) in [6, 6.07) is 6.70. The maximum atomic E-state index is 12.9. The van der Waals surface area contributed by atoms with Gasteiger partial charge in [-0.2, -0.15) is 5.10 Å². The van der Waals surface area contributed by atoms with Crippen molar-refractivity contribution in [2.75, 3.05) is 31.6 Å². The molecule has 11 heteroatoms. The molecule has 1 N–H and O–H groups in total. The van der Waals surface area contributed by atoms with Gasteiger partial charge in [0.2, 0.25) is 0 Å². The molecule has 2 saturated heterocycles. The summed E-state index contributed by atoms with van der Waals surface area (Å²) in [5.74, 6) is 0.948. The normalized spacial score (nSPS) is 17.4. The van der Waals surface area contributed by atoms with Gasteiger partial charge in [-0.1, -0.05) is 11.3 Å². The van der Waals surface area contributed by atoms with E-state index < -0.39 is 0 Å². The molecule has 3 aromatic rings. The quantitative estimate of drug-likeness (QED) is 0.550.